The van der Waals surface area contributed by atoms with Gasteiger partial charge in [0.2, 0.25) is 0 Å². The van der Waals surface area contributed by atoms with E-state index in [9.17, 15) is 0 Å². The molecule has 1 atom stereocenters. The van der Waals surface area contributed by atoms with Crippen LogP contribution in [0, 0.1) is 0 Å². The number of aliphatic hydroxyl groups excluding tert-OH is 1. The molecule has 3 nitrogen and oxygen atoms in total. The van der Waals surface area contributed by atoms with Gasteiger partial charge in [0, 0.05) is 19.7 Å². The summed E-state index contributed by atoms with van der Waals surface area (Å²) in [6.07, 6.45) is 2.07. The molecule has 0 aliphatic heterocycles. The van der Waals surface area contributed by atoms with Gasteiger partial charge in [-0.25, -0.2) is 0 Å². The van der Waals surface area contributed by atoms with Gasteiger partial charge in [-0.2, -0.15) is 0 Å². The Kier molecular flexibility index (Phi) is 8.40. The normalized spacial score (nSPS) is 13.6. The van der Waals surface area contributed by atoms with E-state index in [1.807, 2.05) is 7.05 Å². The minimum Gasteiger partial charge on any atom is -0.392 e. The zero-order valence-corrected chi connectivity index (χ0v) is 9.12. The predicted molar refractivity (Wildman–Crippen MR) is 54.9 cm³/mol. The second-order valence-electron chi connectivity index (χ2n) is 3.58. The van der Waals surface area contributed by atoms with Crippen LogP contribution in [-0.2, 0) is 4.74 Å². The van der Waals surface area contributed by atoms with Crippen molar-refractivity contribution in [1.82, 2.24) is 4.90 Å². The molecule has 0 aromatic rings. The Balaban J connectivity index is 3.12. The highest BCUT2D eigenvalue weighted by atomic mass is 16.5. The second kappa shape index (κ2) is 8.48. The van der Waals surface area contributed by atoms with Gasteiger partial charge in [0.05, 0.1) is 12.7 Å². The average Bonchev–Trinajstić information content (AvgIpc) is 2.02. The van der Waals surface area contributed by atoms with Crippen LogP contribution in [0.15, 0.2) is 0 Å². The zero-order chi connectivity index (χ0) is 10.1. The molecule has 0 aromatic heterocycles. The first-order chi connectivity index (χ1) is 6.16. The van der Waals surface area contributed by atoms with Gasteiger partial charge in [-0.15, -0.1) is 0 Å². The number of hydrogen-bond donors (Lipinski definition) is 1. The van der Waals surface area contributed by atoms with Crippen molar-refractivity contribution in [2.45, 2.75) is 32.8 Å². The lowest BCUT2D eigenvalue weighted by Gasteiger charge is -2.17. The number of likely N-dealkylation sites (N-methyl/N-ethyl adjacent to an activating group) is 1. The Morgan fingerprint density at radius 2 is 2.08 bits per heavy atom. The van der Waals surface area contributed by atoms with Crippen LogP contribution in [0.4, 0.5) is 0 Å². The standard InChI is InChI=1S/C10H23NO2/c1-4-5-7-13-8-6-11(3)9-10(2)12/h10,12H,4-9H2,1-3H3. The smallest absolute Gasteiger partial charge is 0.0638 e. The first-order valence-electron chi connectivity index (χ1n) is 5.11. The molecule has 0 fully saturated rings. The fraction of sp³-hybridized carbons (Fsp3) is 1.00. The SMILES string of the molecule is CCCCOCCN(C)CC(C)O. The highest BCUT2D eigenvalue weighted by Crippen LogP contribution is 1.90. The van der Waals surface area contributed by atoms with Crippen LogP contribution < -0.4 is 0 Å². The van der Waals surface area contributed by atoms with Crippen molar-refractivity contribution in [3.8, 4) is 0 Å². The molecule has 13 heavy (non-hydrogen) atoms. The van der Waals surface area contributed by atoms with Gasteiger partial charge in [0.1, 0.15) is 0 Å². The van der Waals surface area contributed by atoms with E-state index in [4.69, 9.17) is 9.84 Å². The van der Waals surface area contributed by atoms with Crippen LogP contribution in [0.3, 0.4) is 0 Å². The van der Waals surface area contributed by atoms with E-state index in [0.29, 0.717) is 0 Å². The van der Waals surface area contributed by atoms with Gasteiger partial charge in [-0.3, -0.25) is 0 Å². The van der Waals surface area contributed by atoms with Crippen molar-refractivity contribution in [3.05, 3.63) is 0 Å². The number of nitrogens with zero attached hydrogens (tertiary/aromatic N) is 1. The van der Waals surface area contributed by atoms with E-state index < -0.39 is 0 Å². The Labute approximate surface area is 81.7 Å². The Bertz CT molecular complexity index is 107. The average molecular weight is 189 g/mol. The number of aliphatic hydroxyl groups is 1. The van der Waals surface area contributed by atoms with Crippen LogP contribution in [0.2, 0.25) is 0 Å². The van der Waals surface area contributed by atoms with E-state index in [1.54, 1.807) is 6.92 Å². The van der Waals surface area contributed by atoms with E-state index >= 15 is 0 Å². The molecule has 0 radical (unpaired) electrons. The fourth-order valence-corrected chi connectivity index (χ4v) is 1.11. The van der Waals surface area contributed by atoms with Crippen molar-refractivity contribution in [2.24, 2.45) is 0 Å². The topological polar surface area (TPSA) is 32.7 Å². The van der Waals surface area contributed by atoms with Gasteiger partial charge in [-0.1, -0.05) is 13.3 Å². The van der Waals surface area contributed by atoms with Gasteiger partial charge >= 0.3 is 0 Å². The van der Waals surface area contributed by atoms with Crippen molar-refractivity contribution < 1.29 is 9.84 Å². The van der Waals surface area contributed by atoms with E-state index in [0.717, 1.165) is 32.7 Å². The number of unbranched alkanes of at least 4 members (excludes halogenated alkanes) is 1. The molecule has 0 rings (SSSR count). The third-order valence-electron chi connectivity index (χ3n) is 1.84. The first kappa shape index (κ1) is 12.9. The maximum absolute atomic E-state index is 9.08. The minimum absolute atomic E-state index is 0.249. The Morgan fingerprint density at radius 1 is 1.38 bits per heavy atom. The summed E-state index contributed by atoms with van der Waals surface area (Å²) in [6, 6.07) is 0. The van der Waals surface area contributed by atoms with Crippen molar-refractivity contribution in [2.75, 3.05) is 33.4 Å². The lowest BCUT2D eigenvalue weighted by atomic mass is 10.3. The van der Waals surface area contributed by atoms with Crippen LogP contribution >= 0.6 is 0 Å². The molecule has 0 saturated heterocycles. The number of hydrogen-bond acceptors (Lipinski definition) is 3. The fourth-order valence-electron chi connectivity index (χ4n) is 1.11. The monoisotopic (exact) mass is 189 g/mol. The van der Waals surface area contributed by atoms with E-state index in [-0.39, 0.29) is 6.10 Å². The second-order valence-corrected chi connectivity index (χ2v) is 3.58. The molecular formula is C10H23NO2. The van der Waals surface area contributed by atoms with Crippen LogP contribution in [0.1, 0.15) is 26.7 Å². The minimum atomic E-state index is -0.249. The maximum atomic E-state index is 9.08. The van der Waals surface area contributed by atoms with Gasteiger partial charge in [-0.05, 0) is 20.4 Å². The van der Waals surface area contributed by atoms with Crippen molar-refractivity contribution >= 4 is 0 Å². The lowest BCUT2D eigenvalue weighted by molar-refractivity contribution is 0.0881. The summed E-state index contributed by atoms with van der Waals surface area (Å²) in [4.78, 5) is 2.08. The van der Waals surface area contributed by atoms with Crippen LogP contribution in [0.5, 0.6) is 0 Å². The largest absolute Gasteiger partial charge is 0.392 e. The highest BCUT2D eigenvalue weighted by molar-refractivity contribution is 4.55. The summed E-state index contributed by atoms with van der Waals surface area (Å²) in [7, 11) is 2.00. The third-order valence-corrected chi connectivity index (χ3v) is 1.84. The summed E-state index contributed by atoms with van der Waals surface area (Å²) < 4.78 is 5.40. The Morgan fingerprint density at radius 3 is 2.62 bits per heavy atom. The first-order valence-corrected chi connectivity index (χ1v) is 5.11. The molecule has 80 valence electrons. The Hall–Kier alpha value is -0.120. The summed E-state index contributed by atoms with van der Waals surface area (Å²) in [6.45, 7) is 7.20. The van der Waals surface area contributed by atoms with Crippen LogP contribution in [-0.4, -0.2) is 49.5 Å². The molecule has 0 aromatic carbocycles. The van der Waals surface area contributed by atoms with Gasteiger partial charge in [0.25, 0.3) is 0 Å². The van der Waals surface area contributed by atoms with Crippen LogP contribution in [0.25, 0.3) is 0 Å². The van der Waals surface area contributed by atoms with Gasteiger partial charge in [0.15, 0.2) is 0 Å². The molecular weight excluding hydrogens is 166 g/mol. The summed E-state index contributed by atoms with van der Waals surface area (Å²) in [5, 5.41) is 9.08. The van der Waals surface area contributed by atoms with E-state index in [1.165, 1.54) is 6.42 Å². The third kappa shape index (κ3) is 9.80. The van der Waals surface area contributed by atoms with E-state index in [2.05, 4.69) is 11.8 Å². The van der Waals surface area contributed by atoms with Crippen molar-refractivity contribution in [3.63, 3.8) is 0 Å². The lowest BCUT2D eigenvalue weighted by Crippen LogP contribution is -2.30. The summed E-state index contributed by atoms with van der Waals surface area (Å²) in [5.74, 6) is 0. The maximum Gasteiger partial charge on any atom is 0.0638 e. The molecule has 0 aliphatic carbocycles. The van der Waals surface area contributed by atoms with Gasteiger partial charge < -0.3 is 14.7 Å². The molecule has 1 unspecified atom stereocenters. The molecule has 0 amide bonds. The number of ether oxygens (including phenoxy) is 1. The quantitative estimate of drug-likeness (QED) is 0.581. The number of rotatable bonds is 8. The molecule has 0 saturated carbocycles. The molecule has 0 heterocycles. The van der Waals surface area contributed by atoms with Crippen molar-refractivity contribution in [1.29, 1.82) is 0 Å². The molecule has 3 heteroatoms. The molecule has 0 bridgehead atoms. The molecule has 0 spiro atoms. The zero-order valence-electron chi connectivity index (χ0n) is 9.12. The predicted octanol–water partition coefficient (Wildman–Crippen LogP) is 1.12. The molecule has 1 N–H and O–H groups in total. The summed E-state index contributed by atoms with van der Waals surface area (Å²) >= 11 is 0. The molecule has 0 aliphatic rings. The highest BCUT2D eigenvalue weighted by Gasteiger charge is 2.01. The summed E-state index contributed by atoms with van der Waals surface area (Å²) in [5.41, 5.74) is 0.